The minimum absolute atomic E-state index is 0.568. The van der Waals surface area contributed by atoms with Gasteiger partial charge in [0.1, 0.15) is 11.6 Å². The molecule has 1 aliphatic rings. The molecule has 0 aliphatic carbocycles. The molecule has 0 bridgehead atoms. The van der Waals surface area contributed by atoms with Crippen LogP contribution in [-0.2, 0) is 0 Å². The number of nitrogens with one attached hydrogen (secondary N) is 1. The van der Waals surface area contributed by atoms with Crippen molar-refractivity contribution in [3.8, 4) is 11.6 Å². The molecule has 3 rings (SSSR count). The number of pyridine rings is 1. The summed E-state index contributed by atoms with van der Waals surface area (Å²) in [5.74, 6) is 2.17. The summed E-state index contributed by atoms with van der Waals surface area (Å²) >= 11 is 3.40. The second-order valence-electron chi connectivity index (χ2n) is 4.07. The first-order valence-corrected chi connectivity index (χ1v) is 6.79. The lowest BCUT2D eigenvalue weighted by molar-refractivity contribution is 0.461. The largest absolute Gasteiger partial charge is 0.438 e. The molecule has 0 unspecified atom stereocenters. The highest BCUT2D eigenvalue weighted by Crippen LogP contribution is 2.24. The Balaban J connectivity index is 1.90. The van der Waals surface area contributed by atoms with Crippen LogP contribution in [0.2, 0.25) is 0 Å². The van der Waals surface area contributed by atoms with E-state index < -0.39 is 0 Å². The second-order valence-corrected chi connectivity index (χ2v) is 4.98. The van der Waals surface area contributed by atoms with Crippen LogP contribution < -0.4 is 10.1 Å². The first-order chi connectivity index (χ1) is 9.33. The van der Waals surface area contributed by atoms with Gasteiger partial charge in [-0.05, 0) is 36.4 Å². The van der Waals surface area contributed by atoms with Gasteiger partial charge < -0.3 is 10.1 Å². The van der Waals surface area contributed by atoms with Crippen LogP contribution in [0.25, 0.3) is 0 Å². The van der Waals surface area contributed by atoms with Gasteiger partial charge in [-0.15, -0.1) is 0 Å². The molecule has 0 saturated heterocycles. The van der Waals surface area contributed by atoms with Crippen LogP contribution in [0.15, 0.2) is 52.1 Å². The zero-order chi connectivity index (χ0) is 13.1. The zero-order valence-electron chi connectivity index (χ0n) is 10.1. The highest BCUT2D eigenvalue weighted by molar-refractivity contribution is 9.10. The predicted molar refractivity (Wildman–Crippen MR) is 77.9 cm³/mol. The van der Waals surface area contributed by atoms with Crippen molar-refractivity contribution in [2.24, 2.45) is 4.99 Å². The van der Waals surface area contributed by atoms with Crippen LogP contribution >= 0.6 is 15.9 Å². The average molecular weight is 318 g/mol. The summed E-state index contributed by atoms with van der Waals surface area (Å²) in [5.41, 5.74) is 0.892. The summed E-state index contributed by atoms with van der Waals surface area (Å²) < 4.78 is 6.84. The van der Waals surface area contributed by atoms with Crippen molar-refractivity contribution in [2.45, 2.75) is 0 Å². The van der Waals surface area contributed by atoms with Gasteiger partial charge >= 0.3 is 0 Å². The number of aromatic nitrogens is 1. The fourth-order valence-electron chi connectivity index (χ4n) is 1.84. The Morgan fingerprint density at radius 3 is 2.74 bits per heavy atom. The Labute approximate surface area is 119 Å². The molecule has 5 heteroatoms. The number of rotatable bonds is 3. The van der Waals surface area contributed by atoms with Gasteiger partial charge in [-0.2, -0.15) is 0 Å². The van der Waals surface area contributed by atoms with E-state index in [4.69, 9.17) is 4.74 Å². The fourth-order valence-corrected chi connectivity index (χ4v) is 2.11. The third kappa shape index (κ3) is 2.76. The second kappa shape index (κ2) is 5.40. The standard InChI is InChI=1S/C14H12BrN3O/c15-10-3-5-11(6-4-10)19-14-12(2-1-7-18-14)13-16-8-9-17-13/h1-7H,8-9H2,(H,16,17). The van der Waals surface area contributed by atoms with E-state index in [0.29, 0.717) is 5.88 Å². The molecule has 1 aliphatic heterocycles. The molecule has 1 N–H and O–H groups in total. The van der Waals surface area contributed by atoms with Gasteiger partial charge in [0.15, 0.2) is 0 Å². The molecule has 0 amide bonds. The quantitative estimate of drug-likeness (QED) is 0.946. The van der Waals surface area contributed by atoms with Crippen molar-refractivity contribution in [1.82, 2.24) is 10.3 Å². The van der Waals surface area contributed by atoms with Crippen molar-refractivity contribution in [3.63, 3.8) is 0 Å². The lowest BCUT2D eigenvalue weighted by Crippen LogP contribution is -2.20. The monoisotopic (exact) mass is 317 g/mol. The Hall–Kier alpha value is -1.88. The Morgan fingerprint density at radius 1 is 1.16 bits per heavy atom. The number of aliphatic imine (C=N–C) groups is 1. The van der Waals surface area contributed by atoms with Crippen molar-refractivity contribution in [2.75, 3.05) is 13.1 Å². The lowest BCUT2D eigenvalue weighted by Gasteiger charge is -2.10. The molecule has 4 nitrogen and oxygen atoms in total. The fraction of sp³-hybridized carbons (Fsp3) is 0.143. The molecule has 0 radical (unpaired) electrons. The number of hydrogen-bond donors (Lipinski definition) is 1. The lowest BCUT2D eigenvalue weighted by atomic mass is 10.2. The molecule has 1 aromatic carbocycles. The van der Waals surface area contributed by atoms with E-state index in [9.17, 15) is 0 Å². The van der Waals surface area contributed by atoms with Gasteiger partial charge in [0.05, 0.1) is 12.1 Å². The smallest absolute Gasteiger partial charge is 0.230 e. The van der Waals surface area contributed by atoms with Crippen molar-refractivity contribution >= 4 is 21.8 Å². The summed E-state index contributed by atoms with van der Waals surface area (Å²) in [6.07, 6.45) is 1.72. The van der Waals surface area contributed by atoms with Crippen molar-refractivity contribution in [1.29, 1.82) is 0 Å². The molecular weight excluding hydrogens is 306 g/mol. The van der Waals surface area contributed by atoms with Gasteiger partial charge in [-0.25, -0.2) is 4.98 Å². The number of amidine groups is 1. The number of ether oxygens (including phenoxy) is 1. The van der Waals surface area contributed by atoms with Crippen LogP contribution in [0.4, 0.5) is 0 Å². The van der Waals surface area contributed by atoms with E-state index in [1.165, 1.54) is 0 Å². The molecule has 0 saturated carbocycles. The van der Waals surface area contributed by atoms with Gasteiger partial charge in [-0.1, -0.05) is 15.9 Å². The van der Waals surface area contributed by atoms with Gasteiger partial charge in [0, 0.05) is 17.2 Å². The summed E-state index contributed by atoms with van der Waals surface area (Å²) in [6, 6.07) is 11.5. The first kappa shape index (κ1) is 12.2. The number of halogens is 1. The highest BCUT2D eigenvalue weighted by Gasteiger charge is 2.14. The summed E-state index contributed by atoms with van der Waals surface area (Å²) in [4.78, 5) is 8.69. The van der Waals surface area contributed by atoms with E-state index in [1.807, 2.05) is 36.4 Å². The van der Waals surface area contributed by atoms with Crippen LogP contribution in [0.3, 0.4) is 0 Å². The third-order valence-electron chi connectivity index (χ3n) is 2.73. The average Bonchev–Trinajstić information content (AvgIpc) is 2.96. The van der Waals surface area contributed by atoms with Gasteiger partial charge in [0.25, 0.3) is 0 Å². The molecule has 2 heterocycles. The van der Waals surface area contributed by atoms with Crippen molar-refractivity contribution in [3.05, 3.63) is 52.6 Å². The third-order valence-corrected chi connectivity index (χ3v) is 3.26. The molecule has 96 valence electrons. The van der Waals surface area contributed by atoms with E-state index in [1.54, 1.807) is 6.20 Å². The normalized spacial score (nSPS) is 13.8. The molecule has 0 atom stereocenters. The summed E-state index contributed by atoms with van der Waals surface area (Å²) in [5, 5.41) is 3.23. The van der Waals surface area contributed by atoms with E-state index in [0.717, 1.165) is 34.7 Å². The summed E-state index contributed by atoms with van der Waals surface area (Å²) in [6.45, 7) is 1.66. The molecule has 0 fully saturated rings. The van der Waals surface area contributed by atoms with Crippen LogP contribution in [0.1, 0.15) is 5.56 Å². The van der Waals surface area contributed by atoms with Crippen LogP contribution in [-0.4, -0.2) is 23.9 Å². The molecule has 19 heavy (non-hydrogen) atoms. The maximum absolute atomic E-state index is 5.82. The van der Waals surface area contributed by atoms with E-state index in [-0.39, 0.29) is 0 Å². The van der Waals surface area contributed by atoms with E-state index in [2.05, 4.69) is 31.2 Å². The Bertz CT molecular complexity index is 610. The maximum Gasteiger partial charge on any atom is 0.230 e. The number of hydrogen-bond acceptors (Lipinski definition) is 4. The highest BCUT2D eigenvalue weighted by atomic mass is 79.9. The zero-order valence-corrected chi connectivity index (χ0v) is 11.7. The minimum atomic E-state index is 0.568. The maximum atomic E-state index is 5.82. The molecule has 1 aromatic heterocycles. The topological polar surface area (TPSA) is 46.5 Å². The minimum Gasteiger partial charge on any atom is -0.438 e. The van der Waals surface area contributed by atoms with Gasteiger partial charge in [-0.3, -0.25) is 4.99 Å². The van der Waals surface area contributed by atoms with Crippen LogP contribution in [0.5, 0.6) is 11.6 Å². The SMILES string of the molecule is Brc1ccc(Oc2ncccc2C2=NCCN2)cc1. The van der Waals surface area contributed by atoms with E-state index >= 15 is 0 Å². The first-order valence-electron chi connectivity index (χ1n) is 6.00. The molecular formula is C14H12BrN3O. The van der Waals surface area contributed by atoms with Gasteiger partial charge in [0.2, 0.25) is 5.88 Å². The molecule has 2 aromatic rings. The number of nitrogens with zero attached hydrogens (tertiary/aromatic N) is 2. The molecule has 0 spiro atoms. The Kier molecular flexibility index (Phi) is 3.46. The van der Waals surface area contributed by atoms with Crippen molar-refractivity contribution < 1.29 is 4.74 Å². The van der Waals surface area contributed by atoms with Crippen LogP contribution in [0, 0.1) is 0 Å². The number of benzene rings is 1. The summed E-state index contributed by atoms with van der Waals surface area (Å²) in [7, 11) is 0. The Morgan fingerprint density at radius 2 is 2.00 bits per heavy atom. The predicted octanol–water partition coefficient (Wildman–Crippen LogP) is 2.99.